The molecule has 1 unspecified atom stereocenters. The van der Waals surface area contributed by atoms with Crippen molar-refractivity contribution in [3.05, 3.63) is 0 Å². The maximum atomic E-state index is 10.2. The lowest BCUT2D eigenvalue weighted by Crippen LogP contribution is -2.48. The van der Waals surface area contributed by atoms with Gasteiger partial charge in [-0.1, -0.05) is 12.8 Å². The zero-order valence-electron chi connectivity index (χ0n) is 13.5. The Balaban J connectivity index is 1.29. The predicted octanol–water partition coefficient (Wildman–Crippen LogP) is 1.44. The van der Waals surface area contributed by atoms with Gasteiger partial charge in [0.1, 0.15) is 0 Å². The average Bonchev–Trinajstić information content (AvgIpc) is 3.19. The van der Waals surface area contributed by atoms with Crippen LogP contribution in [-0.2, 0) is 0 Å². The van der Waals surface area contributed by atoms with E-state index in [9.17, 15) is 5.11 Å². The van der Waals surface area contributed by atoms with E-state index >= 15 is 0 Å². The van der Waals surface area contributed by atoms with Gasteiger partial charge in [-0.05, 0) is 64.7 Å². The maximum Gasteiger partial charge on any atom is 0.0791 e. The highest BCUT2D eigenvalue weighted by molar-refractivity contribution is 4.84. The standard InChI is InChI=1S/C17H33N3O/c21-17(14-19-9-3-4-10-19)13-18-15-7-11-20(12-8-15)16-5-1-2-6-16/h15-18,21H,1-14H2. The molecule has 0 aromatic rings. The third-order valence-corrected chi connectivity index (χ3v) is 5.68. The lowest BCUT2D eigenvalue weighted by molar-refractivity contribution is 0.107. The molecule has 3 aliphatic rings. The Kier molecular flexibility index (Phi) is 5.92. The molecular weight excluding hydrogens is 262 g/mol. The largest absolute Gasteiger partial charge is 0.390 e. The maximum absolute atomic E-state index is 10.2. The van der Waals surface area contributed by atoms with Crippen LogP contribution in [0, 0.1) is 0 Å². The molecule has 2 aliphatic heterocycles. The van der Waals surface area contributed by atoms with E-state index in [1.807, 2.05) is 0 Å². The van der Waals surface area contributed by atoms with E-state index in [2.05, 4.69) is 15.1 Å². The molecule has 0 spiro atoms. The van der Waals surface area contributed by atoms with E-state index < -0.39 is 0 Å². The van der Waals surface area contributed by atoms with Crippen molar-refractivity contribution < 1.29 is 5.11 Å². The van der Waals surface area contributed by atoms with Crippen molar-refractivity contribution in [3.63, 3.8) is 0 Å². The van der Waals surface area contributed by atoms with Crippen molar-refractivity contribution >= 4 is 0 Å². The van der Waals surface area contributed by atoms with Gasteiger partial charge in [0, 0.05) is 25.2 Å². The van der Waals surface area contributed by atoms with Gasteiger partial charge in [0.25, 0.3) is 0 Å². The SMILES string of the molecule is OC(CNC1CCN(C2CCCC2)CC1)CN1CCCC1. The number of aliphatic hydroxyl groups is 1. The van der Waals surface area contributed by atoms with Crippen molar-refractivity contribution in [1.29, 1.82) is 0 Å². The molecular formula is C17H33N3O. The first kappa shape index (κ1) is 15.7. The fourth-order valence-corrected chi connectivity index (χ4v) is 4.37. The monoisotopic (exact) mass is 295 g/mol. The van der Waals surface area contributed by atoms with Crippen molar-refractivity contribution in [2.75, 3.05) is 39.3 Å². The Hall–Kier alpha value is -0.160. The molecule has 122 valence electrons. The summed E-state index contributed by atoms with van der Waals surface area (Å²) >= 11 is 0. The van der Waals surface area contributed by atoms with Crippen LogP contribution in [0.1, 0.15) is 51.4 Å². The third kappa shape index (κ3) is 4.65. The molecule has 2 N–H and O–H groups in total. The predicted molar refractivity (Wildman–Crippen MR) is 86.5 cm³/mol. The van der Waals surface area contributed by atoms with E-state index in [4.69, 9.17) is 0 Å². The molecule has 0 radical (unpaired) electrons. The minimum atomic E-state index is -0.198. The number of hydrogen-bond donors (Lipinski definition) is 2. The van der Waals surface area contributed by atoms with Crippen LogP contribution in [0.3, 0.4) is 0 Å². The Labute approximate surface area is 129 Å². The van der Waals surface area contributed by atoms with Gasteiger partial charge in [0.2, 0.25) is 0 Å². The highest BCUT2D eigenvalue weighted by atomic mass is 16.3. The Morgan fingerprint density at radius 1 is 0.905 bits per heavy atom. The molecule has 1 atom stereocenters. The van der Waals surface area contributed by atoms with Crippen molar-refractivity contribution in [2.45, 2.75) is 69.6 Å². The summed E-state index contributed by atoms with van der Waals surface area (Å²) in [6, 6.07) is 1.50. The lowest BCUT2D eigenvalue weighted by Gasteiger charge is -2.36. The van der Waals surface area contributed by atoms with Crippen molar-refractivity contribution in [2.24, 2.45) is 0 Å². The molecule has 3 fully saturated rings. The first-order valence-corrected chi connectivity index (χ1v) is 9.19. The first-order valence-electron chi connectivity index (χ1n) is 9.19. The molecule has 0 bridgehead atoms. The summed E-state index contributed by atoms with van der Waals surface area (Å²) in [5.41, 5.74) is 0. The first-order chi connectivity index (χ1) is 10.3. The van der Waals surface area contributed by atoms with Crippen LogP contribution < -0.4 is 5.32 Å². The molecule has 21 heavy (non-hydrogen) atoms. The Morgan fingerprint density at radius 2 is 1.57 bits per heavy atom. The Morgan fingerprint density at radius 3 is 2.24 bits per heavy atom. The summed E-state index contributed by atoms with van der Waals surface area (Å²) in [4.78, 5) is 5.11. The van der Waals surface area contributed by atoms with E-state index in [-0.39, 0.29) is 6.10 Å². The summed E-state index contributed by atoms with van der Waals surface area (Å²) in [5, 5.41) is 13.8. The summed E-state index contributed by atoms with van der Waals surface area (Å²) in [6.07, 6.45) is 10.6. The van der Waals surface area contributed by atoms with Crippen LogP contribution in [0.15, 0.2) is 0 Å². The smallest absolute Gasteiger partial charge is 0.0791 e. The van der Waals surface area contributed by atoms with Gasteiger partial charge in [0.05, 0.1) is 6.10 Å². The normalized spacial score (nSPS) is 28.4. The van der Waals surface area contributed by atoms with Gasteiger partial charge in [-0.25, -0.2) is 0 Å². The third-order valence-electron chi connectivity index (χ3n) is 5.68. The zero-order chi connectivity index (χ0) is 14.5. The molecule has 3 rings (SSSR count). The van der Waals surface area contributed by atoms with E-state index in [1.165, 1.54) is 77.5 Å². The summed E-state index contributed by atoms with van der Waals surface area (Å²) in [6.45, 7) is 6.49. The Bertz CT molecular complexity index is 292. The molecule has 0 aromatic heterocycles. The molecule has 0 amide bonds. The topological polar surface area (TPSA) is 38.7 Å². The highest BCUT2D eigenvalue weighted by Crippen LogP contribution is 2.26. The van der Waals surface area contributed by atoms with Crippen LogP contribution in [0.25, 0.3) is 0 Å². The lowest BCUT2D eigenvalue weighted by atomic mass is 10.0. The summed E-state index contributed by atoms with van der Waals surface area (Å²) in [5.74, 6) is 0. The van der Waals surface area contributed by atoms with Crippen LogP contribution in [-0.4, -0.2) is 72.4 Å². The quantitative estimate of drug-likeness (QED) is 0.778. The number of β-amino-alcohol motifs (C(OH)–C–C–N with tert-alkyl or cyclic N) is 1. The number of piperidine rings is 1. The summed E-state index contributed by atoms with van der Waals surface area (Å²) in [7, 11) is 0. The second-order valence-electron chi connectivity index (χ2n) is 7.32. The van der Waals surface area contributed by atoms with Gasteiger partial charge >= 0.3 is 0 Å². The zero-order valence-corrected chi connectivity index (χ0v) is 13.5. The molecule has 4 nitrogen and oxygen atoms in total. The number of hydrogen-bond acceptors (Lipinski definition) is 4. The van der Waals surface area contributed by atoms with Gasteiger partial charge in [-0.3, -0.25) is 0 Å². The second kappa shape index (κ2) is 7.91. The van der Waals surface area contributed by atoms with Gasteiger partial charge in [-0.2, -0.15) is 0 Å². The van der Waals surface area contributed by atoms with Crippen LogP contribution in [0.2, 0.25) is 0 Å². The molecule has 1 aliphatic carbocycles. The van der Waals surface area contributed by atoms with E-state index in [1.54, 1.807) is 0 Å². The van der Waals surface area contributed by atoms with Crippen LogP contribution in [0.4, 0.5) is 0 Å². The molecule has 2 saturated heterocycles. The number of nitrogens with zero attached hydrogens (tertiary/aromatic N) is 2. The highest BCUT2D eigenvalue weighted by Gasteiger charge is 2.27. The van der Waals surface area contributed by atoms with Gasteiger partial charge < -0.3 is 20.2 Å². The van der Waals surface area contributed by atoms with Crippen LogP contribution >= 0.6 is 0 Å². The molecule has 1 saturated carbocycles. The second-order valence-corrected chi connectivity index (χ2v) is 7.32. The van der Waals surface area contributed by atoms with Crippen molar-refractivity contribution in [3.8, 4) is 0 Å². The number of nitrogens with one attached hydrogen (secondary N) is 1. The molecule has 2 heterocycles. The average molecular weight is 295 g/mol. The van der Waals surface area contributed by atoms with Gasteiger partial charge in [-0.15, -0.1) is 0 Å². The molecule has 4 heteroatoms. The van der Waals surface area contributed by atoms with Crippen molar-refractivity contribution in [1.82, 2.24) is 15.1 Å². The number of rotatable bonds is 6. The fraction of sp³-hybridized carbons (Fsp3) is 1.00. The van der Waals surface area contributed by atoms with E-state index in [0.29, 0.717) is 6.04 Å². The minimum Gasteiger partial charge on any atom is -0.390 e. The van der Waals surface area contributed by atoms with Crippen LogP contribution in [0.5, 0.6) is 0 Å². The fourth-order valence-electron chi connectivity index (χ4n) is 4.37. The summed E-state index contributed by atoms with van der Waals surface area (Å²) < 4.78 is 0. The number of aliphatic hydroxyl groups excluding tert-OH is 1. The minimum absolute atomic E-state index is 0.198. The molecule has 0 aromatic carbocycles. The van der Waals surface area contributed by atoms with Gasteiger partial charge in [0.15, 0.2) is 0 Å². The van der Waals surface area contributed by atoms with E-state index in [0.717, 1.165) is 19.1 Å². The number of likely N-dealkylation sites (tertiary alicyclic amines) is 2.